The minimum atomic E-state index is -3.66. The van der Waals surface area contributed by atoms with Crippen LogP contribution in [0.25, 0.3) is 0 Å². The van der Waals surface area contributed by atoms with Crippen LogP contribution in [0.4, 0.5) is 11.4 Å². The number of hydrogen-bond donors (Lipinski definition) is 1. The zero-order valence-corrected chi connectivity index (χ0v) is 17.9. The van der Waals surface area contributed by atoms with E-state index < -0.39 is 10.0 Å². The van der Waals surface area contributed by atoms with Crippen molar-refractivity contribution in [3.8, 4) is 0 Å². The number of nitrogens with one attached hydrogen (secondary N) is 1. The van der Waals surface area contributed by atoms with Crippen molar-refractivity contribution in [2.75, 3.05) is 16.2 Å². The first-order valence-corrected chi connectivity index (χ1v) is 11.5. The molecule has 0 atom stereocenters. The predicted molar refractivity (Wildman–Crippen MR) is 118 cm³/mol. The Bertz CT molecular complexity index is 1140. The Morgan fingerprint density at radius 3 is 2.34 bits per heavy atom. The average molecular weight is 471 g/mol. The summed E-state index contributed by atoms with van der Waals surface area (Å²) in [5.41, 5.74) is 2.85. The third-order valence-electron chi connectivity index (χ3n) is 4.87. The fourth-order valence-corrected chi connectivity index (χ4v) is 5.20. The lowest BCUT2D eigenvalue weighted by atomic mass is 10.0. The molecule has 0 fully saturated rings. The molecule has 0 spiro atoms. The van der Waals surface area contributed by atoms with Crippen LogP contribution in [0.15, 0.2) is 82.2 Å². The van der Waals surface area contributed by atoms with Gasteiger partial charge in [-0.2, -0.15) is 0 Å². The molecule has 0 aliphatic carbocycles. The minimum absolute atomic E-state index is 0.204. The molecule has 0 unspecified atom stereocenters. The van der Waals surface area contributed by atoms with E-state index in [9.17, 15) is 13.2 Å². The Hall–Kier alpha value is -2.64. The molecule has 3 aromatic rings. The van der Waals surface area contributed by atoms with Gasteiger partial charge in [-0.05, 0) is 73.0 Å². The van der Waals surface area contributed by atoms with Crippen LogP contribution in [-0.4, -0.2) is 20.9 Å². The highest BCUT2D eigenvalue weighted by molar-refractivity contribution is 9.10. The first kappa shape index (κ1) is 19.7. The lowest BCUT2D eigenvalue weighted by Gasteiger charge is -2.30. The molecule has 5 nitrogen and oxygen atoms in total. The molecule has 4 rings (SSSR count). The summed E-state index contributed by atoms with van der Waals surface area (Å²) in [5, 5.41) is 2.79. The zero-order valence-electron chi connectivity index (χ0n) is 15.5. The van der Waals surface area contributed by atoms with E-state index in [0.29, 0.717) is 17.8 Å². The van der Waals surface area contributed by atoms with Gasteiger partial charge in [-0.3, -0.25) is 9.10 Å². The molecule has 148 valence electrons. The van der Waals surface area contributed by atoms with Crippen molar-refractivity contribution < 1.29 is 13.2 Å². The molecule has 0 radical (unpaired) electrons. The van der Waals surface area contributed by atoms with Gasteiger partial charge in [0.25, 0.3) is 15.9 Å². The number of amides is 1. The van der Waals surface area contributed by atoms with Crippen LogP contribution in [0.1, 0.15) is 22.3 Å². The van der Waals surface area contributed by atoms with Gasteiger partial charge in [0.05, 0.1) is 10.6 Å². The van der Waals surface area contributed by atoms with Crippen LogP contribution in [0.5, 0.6) is 0 Å². The molecule has 1 aliphatic heterocycles. The molecular formula is C22H19BrN2O3S. The van der Waals surface area contributed by atoms with Crippen LogP contribution < -0.4 is 9.62 Å². The number of anilines is 2. The van der Waals surface area contributed by atoms with E-state index >= 15 is 0 Å². The molecule has 0 aromatic heterocycles. The number of para-hydroxylation sites is 1. The second kappa shape index (κ2) is 8.00. The van der Waals surface area contributed by atoms with Crippen molar-refractivity contribution in [3.63, 3.8) is 0 Å². The summed E-state index contributed by atoms with van der Waals surface area (Å²) >= 11 is 3.34. The Morgan fingerprint density at radius 1 is 0.931 bits per heavy atom. The van der Waals surface area contributed by atoms with Gasteiger partial charge in [-0.25, -0.2) is 8.42 Å². The van der Waals surface area contributed by atoms with Gasteiger partial charge in [-0.15, -0.1) is 0 Å². The number of carbonyl (C=O) groups excluding carboxylic acids is 1. The average Bonchev–Trinajstić information content (AvgIpc) is 2.74. The van der Waals surface area contributed by atoms with E-state index in [1.807, 2.05) is 24.3 Å². The van der Waals surface area contributed by atoms with Crippen molar-refractivity contribution in [1.82, 2.24) is 0 Å². The summed E-state index contributed by atoms with van der Waals surface area (Å²) in [5.74, 6) is -0.252. The third-order valence-corrected chi connectivity index (χ3v) is 7.23. The largest absolute Gasteiger partial charge is 0.322 e. The number of sulfonamides is 1. The maximum absolute atomic E-state index is 13.2. The number of carbonyl (C=O) groups is 1. The van der Waals surface area contributed by atoms with Crippen molar-refractivity contribution >= 4 is 43.2 Å². The summed E-state index contributed by atoms with van der Waals surface area (Å²) in [6.45, 7) is 0.460. The quantitative estimate of drug-likeness (QED) is 0.592. The summed E-state index contributed by atoms with van der Waals surface area (Å²) in [4.78, 5) is 12.5. The Morgan fingerprint density at radius 2 is 1.62 bits per heavy atom. The maximum atomic E-state index is 13.2. The zero-order chi connectivity index (χ0) is 20.4. The highest BCUT2D eigenvalue weighted by Gasteiger charge is 2.28. The van der Waals surface area contributed by atoms with Crippen LogP contribution >= 0.6 is 15.9 Å². The van der Waals surface area contributed by atoms with Crippen LogP contribution in [0, 0.1) is 0 Å². The molecule has 0 saturated heterocycles. The summed E-state index contributed by atoms with van der Waals surface area (Å²) < 4.78 is 28.7. The number of nitrogens with zero attached hydrogens (tertiary/aromatic N) is 1. The van der Waals surface area contributed by atoms with Crippen molar-refractivity contribution in [3.05, 3.63) is 88.4 Å². The van der Waals surface area contributed by atoms with E-state index in [1.54, 1.807) is 36.4 Å². The molecular weight excluding hydrogens is 452 g/mol. The predicted octanol–water partition coefficient (Wildman–Crippen LogP) is 4.84. The third kappa shape index (κ3) is 4.06. The lowest BCUT2D eigenvalue weighted by Crippen LogP contribution is -2.35. The molecule has 3 aromatic carbocycles. The molecule has 7 heteroatoms. The van der Waals surface area contributed by atoms with Crippen molar-refractivity contribution in [2.24, 2.45) is 0 Å². The van der Waals surface area contributed by atoms with Crippen molar-refractivity contribution in [2.45, 2.75) is 17.7 Å². The van der Waals surface area contributed by atoms with E-state index in [-0.39, 0.29) is 10.8 Å². The smallest absolute Gasteiger partial charge is 0.264 e. The number of fused-ring (bicyclic) bond motifs is 1. The van der Waals surface area contributed by atoms with Gasteiger partial charge in [0, 0.05) is 22.3 Å². The Balaban J connectivity index is 1.55. The highest BCUT2D eigenvalue weighted by Crippen LogP contribution is 2.32. The number of rotatable bonds is 4. The Labute approximate surface area is 178 Å². The van der Waals surface area contributed by atoms with Gasteiger partial charge in [0.15, 0.2) is 0 Å². The van der Waals surface area contributed by atoms with E-state index in [0.717, 1.165) is 28.6 Å². The normalized spacial score (nSPS) is 13.6. The number of halogens is 1. The molecule has 0 bridgehead atoms. The van der Waals surface area contributed by atoms with Crippen LogP contribution in [0.3, 0.4) is 0 Å². The summed E-state index contributed by atoms with van der Waals surface area (Å²) in [6, 6.07) is 20.9. The van der Waals surface area contributed by atoms with Gasteiger partial charge < -0.3 is 5.32 Å². The standard InChI is InChI=1S/C22H19BrN2O3S/c23-18-9-7-17(8-10-18)22(26)24-19-11-13-20(14-12-19)29(27,28)25-15-3-5-16-4-1-2-6-21(16)25/h1-2,4,6-14H,3,5,15H2,(H,24,26). The second-order valence-electron chi connectivity index (χ2n) is 6.79. The van der Waals surface area contributed by atoms with Crippen molar-refractivity contribution in [1.29, 1.82) is 0 Å². The van der Waals surface area contributed by atoms with E-state index in [2.05, 4.69) is 21.2 Å². The maximum Gasteiger partial charge on any atom is 0.264 e. The van der Waals surface area contributed by atoms with Crippen LogP contribution in [-0.2, 0) is 16.4 Å². The lowest BCUT2D eigenvalue weighted by molar-refractivity contribution is 0.102. The van der Waals surface area contributed by atoms with Crippen LogP contribution in [0.2, 0.25) is 0 Å². The fourth-order valence-electron chi connectivity index (χ4n) is 3.39. The molecule has 1 amide bonds. The first-order chi connectivity index (χ1) is 13.9. The van der Waals surface area contributed by atoms with Gasteiger partial charge in [0.1, 0.15) is 0 Å². The van der Waals surface area contributed by atoms with E-state index in [1.165, 1.54) is 16.4 Å². The Kier molecular flexibility index (Phi) is 5.43. The number of benzene rings is 3. The highest BCUT2D eigenvalue weighted by atomic mass is 79.9. The summed E-state index contributed by atoms with van der Waals surface area (Å²) in [7, 11) is -3.66. The number of aryl methyl sites for hydroxylation is 1. The molecule has 1 aliphatic rings. The van der Waals surface area contributed by atoms with Gasteiger partial charge in [0.2, 0.25) is 0 Å². The van der Waals surface area contributed by atoms with E-state index in [4.69, 9.17) is 0 Å². The molecule has 0 saturated carbocycles. The summed E-state index contributed by atoms with van der Waals surface area (Å²) in [6.07, 6.45) is 1.67. The van der Waals surface area contributed by atoms with Gasteiger partial charge >= 0.3 is 0 Å². The monoisotopic (exact) mass is 470 g/mol. The SMILES string of the molecule is O=C(Nc1ccc(S(=O)(=O)N2CCCc3ccccc32)cc1)c1ccc(Br)cc1. The molecule has 1 heterocycles. The minimum Gasteiger partial charge on any atom is -0.322 e. The molecule has 1 N–H and O–H groups in total. The number of hydrogen-bond acceptors (Lipinski definition) is 3. The van der Waals surface area contributed by atoms with Gasteiger partial charge in [-0.1, -0.05) is 34.1 Å². The fraction of sp³-hybridized carbons (Fsp3) is 0.136. The first-order valence-electron chi connectivity index (χ1n) is 9.23. The topological polar surface area (TPSA) is 66.5 Å². The second-order valence-corrected chi connectivity index (χ2v) is 9.57. The molecule has 29 heavy (non-hydrogen) atoms.